The van der Waals surface area contributed by atoms with Crippen molar-refractivity contribution in [3.63, 3.8) is 0 Å². The molecular formula is C29H28N4O5. The van der Waals surface area contributed by atoms with Crippen LogP contribution in [0, 0.1) is 5.41 Å². The van der Waals surface area contributed by atoms with Crippen LogP contribution in [0.4, 0.5) is 0 Å². The van der Waals surface area contributed by atoms with Gasteiger partial charge in [-0.05, 0) is 35.2 Å². The van der Waals surface area contributed by atoms with Gasteiger partial charge in [0.2, 0.25) is 5.88 Å². The van der Waals surface area contributed by atoms with Crippen LogP contribution in [0.3, 0.4) is 0 Å². The zero-order valence-electron chi connectivity index (χ0n) is 21.7. The van der Waals surface area contributed by atoms with Crippen LogP contribution in [0.1, 0.15) is 49.6 Å². The van der Waals surface area contributed by atoms with Crippen LogP contribution >= 0.6 is 0 Å². The number of carbonyl (C=O) groups is 1. The van der Waals surface area contributed by atoms with E-state index in [1.54, 1.807) is 25.1 Å². The molecular weight excluding hydrogens is 484 g/mol. The van der Waals surface area contributed by atoms with Crippen molar-refractivity contribution in [2.24, 2.45) is 5.41 Å². The molecule has 9 heteroatoms. The molecule has 1 unspecified atom stereocenters. The lowest BCUT2D eigenvalue weighted by Gasteiger charge is -2.37. The van der Waals surface area contributed by atoms with E-state index in [-0.39, 0.29) is 17.8 Å². The lowest BCUT2D eigenvalue weighted by atomic mass is 9.70. The molecule has 2 aromatic carbocycles. The van der Waals surface area contributed by atoms with Crippen molar-refractivity contribution < 1.29 is 23.7 Å². The number of hydrogen-bond donors (Lipinski definition) is 0. The van der Waals surface area contributed by atoms with Gasteiger partial charge >= 0.3 is 0 Å². The van der Waals surface area contributed by atoms with Gasteiger partial charge in [0.25, 0.3) is 0 Å². The van der Waals surface area contributed by atoms with Crippen LogP contribution in [-0.4, -0.2) is 39.6 Å². The maximum Gasteiger partial charge on any atom is 0.228 e. The fraction of sp³-hybridized carbons (Fsp3) is 0.310. The number of rotatable bonds is 6. The number of ketones is 1. The largest absolute Gasteiger partial charge is 0.493 e. The van der Waals surface area contributed by atoms with Crippen LogP contribution in [-0.2, 0) is 11.4 Å². The van der Waals surface area contributed by atoms with Crippen molar-refractivity contribution in [2.45, 2.75) is 39.2 Å². The highest BCUT2D eigenvalue weighted by Gasteiger charge is 2.44. The molecule has 0 N–H and O–H groups in total. The van der Waals surface area contributed by atoms with Crippen LogP contribution in [0.5, 0.6) is 23.1 Å². The summed E-state index contributed by atoms with van der Waals surface area (Å²) < 4.78 is 24.9. The van der Waals surface area contributed by atoms with Gasteiger partial charge in [-0.1, -0.05) is 38.1 Å². The number of methoxy groups -OCH3 is 2. The third-order valence-electron chi connectivity index (χ3n) is 6.96. The molecule has 0 amide bonds. The number of fused-ring (bicyclic) bond motifs is 3. The van der Waals surface area contributed by atoms with Gasteiger partial charge in [0.05, 0.1) is 25.7 Å². The number of hydrogen-bond acceptors (Lipinski definition) is 8. The van der Waals surface area contributed by atoms with E-state index in [4.69, 9.17) is 23.9 Å². The molecule has 1 aliphatic carbocycles. The van der Waals surface area contributed by atoms with Crippen molar-refractivity contribution in [3.05, 3.63) is 83.1 Å². The molecule has 0 radical (unpaired) electrons. The van der Waals surface area contributed by atoms with Crippen molar-refractivity contribution in [2.75, 3.05) is 14.2 Å². The number of para-hydroxylation sites is 1. The Morgan fingerprint density at radius 3 is 2.61 bits per heavy atom. The van der Waals surface area contributed by atoms with Crippen molar-refractivity contribution in [1.82, 2.24) is 19.6 Å². The van der Waals surface area contributed by atoms with Crippen LogP contribution in [0.15, 0.2) is 66.2 Å². The van der Waals surface area contributed by atoms with Gasteiger partial charge in [-0.3, -0.25) is 4.79 Å². The molecule has 0 saturated carbocycles. The molecule has 0 fully saturated rings. The summed E-state index contributed by atoms with van der Waals surface area (Å²) in [6.07, 6.45) is 2.64. The molecule has 0 saturated heterocycles. The Bertz CT molecular complexity index is 1570. The standard InChI is InChI=1S/C29H28N4O5/c1-29(2)13-19(34)25-22(14-29)38-28-26(24(25)17-10-11-20(35-3)21(12-17)36-4)27-31-23(32-33(27)16-30-28)15-37-18-8-6-5-7-9-18/h5-12,16,24H,13-15H2,1-4H3. The maximum absolute atomic E-state index is 13.6. The number of carbonyl (C=O) groups excluding carboxylic acids is 1. The van der Waals surface area contributed by atoms with Crippen molar-refractivity contribution in [1.29, 1.82) is 0 Å². The molecule has 9 nitrogen and oxygen atoms in total. The molecule has 1 aliphatic heterocycles. The van der Waals surface area contributed by atoms with E-state index in [1.807, 2.05) is 48.5 Å². The third kappa shape index (κ3) is 4.13. The Hall–Kier alpha value is -4.40. The Morgan fingerprint density at radius 2 is 1.84 bits per heavy atom. The summed E-state index contributed by atoms with van der Waals surface area (Å²) in [4.78, 5) is 23.0. The van der Waals surface area contributed by atoms with E-state index in [1.165, 1.54) is 0 Å². The summed E-state index contributed by atoms with van der Waals surface area (Å²) in [5.74, 6) is 3.06. The number of nitrogens with zero attached hydrogens (tertiary/aromatic N) is 4. The van der Waals surface area contributed by atoms with Crippen LogP contribution in [0.25, 0.3) is 5.65 Å². The summed E-state index contributed by atoms with van der Waals surface area (Å²) in [6, 6.07) is 15.2. The van der Waals surface area contributed by atoms with Gasteiger partial charge in [-0.25, -0.2) is 14.5 Å². The second-order valence-corrected chi connectivity index (χ2v) is 10.3. The first kappa shape index (κ1) is 24.0. The number of allylic oxidation sites excluding steroid dienone is 2. The Morgan fingerprint density at radius 1 is 1.05 bits per heavy atom. The van der Waals surface area contributed by atoms with Gasteiger partial charge in [0, 0.05) is 18.4 Å². The minimum Gasteiger partial charge on any atom is -0.493 e. The molecule has 0 bridgehead atoms. The molecule has 1 atom stereocenters. The molecule has 4 aromatic rings. The zero-order valence-corrected chi connectivity index (χ0v) is 21.7. The van der Waals surface area contributed by atoms with Crippen LogP contribution in [0.2, 0.25) is 0 Å². The van der Waals surface area contributed by atoms with Crippen molar-refractivity contribution in [3.8, 4) is 23.1 Å². The normalized spacial score (nSPS) is 18.0. The smallest absolute Gasteiger partial charge is 0.228 e. The van der Waals surface area contributed by atoms with E-state index >= 15 is 0 Å². The molecule has 194 valence electrons. The predicted molar refractivity (Wildman–Crippen MR) is 139 cm³/mol. The lowest BCUT2D eigenvalue weighted by molar-refractivity contribution is -0.118. The highest BCUT2D eigenvalue weighted by molar-refractivity contribution is 6.00. The molecule has 38 heavy (non-hydrogen) atoms. The Balaban J connectivity index is 1.50. The topological polar surface area (TPSA) is 97.1 Å². The average molecular weight is 513 g/mol. The maximum atomic E-state index is 13.6. The second kappa shape index (κ2) is 9.16. The zero-order chi connectivity index (χ0) is 26.4. The SMILES string of the molecule is COc1ccc(C2C3=C(CC(C)(C)CC3=O)Oc3ncn4nc(COc5ccccc5)nc4c32)cc1OC. The summed E-state index contributed by atoms with van der Waals surface area (Å²) in [6.45, 7) is 4.34. The van der Waals surface area contributed by atoms with Crippen LogP contribution < -0.4 is 18.9 Å². The highest BCUT2D eigenvalue weighted by atomic mass is 16.5. The third-order valence-corrected chi connectivity index (χ3v) is 6.96. The summed E-state index contributed by atoms with van der Waals surface area (Å²) in [7, 11) is 3.19. The first-order chi connectivity index (χ1) is 18.4. The number of ether oxygens (including phenoxy) is 4. The average Bonchev–Trinajstić information content (AvgIpc) is 3.33. The highest BCUT2D eigenvalue weighted by Crippen LogP contribution is 2.51. The van der Waals surface area contributed by atoms with Gasteiger partial charge < -0.3 is 18.9 Å². The van der Waals surface area contributed by atoms with E-state index in [9.17, 15) is 4.79 Å². The quantitative estimate of drug-likeness (QED) is 0.360. The molecule has 6 rings (SSSR count). The minimum absolute atomic E-state index is 0.0517. The van der Waals surface area contributed by atoms with E-state index in [0.717, 1.165) is 11.3 Å². The van der Waals surface area contributed by atoms with Gasteiger partial charge in [-0.2, -0.15) is 0 Å². The summed E-state index contributed by atoms with van der Waals surface area (Å²) >= 11 is 0. The van der Waals surface area contributed by atoms with E-state index in [0.29, 0.717) is 58.6 Å². The predicted octanol–water partition coefficient (Wildman–Crippen LogP) is 4.89. The fourth-order valence-corrected chi connectivity index (χ4v) is 5.28. The minimum atomic E-state index is -0.458. The first-order valence-corrected chi connectivity index (χ1v) is 12.4. The van der Waals surface area contributed by atoms with E-state index in [2.05, 4.69) is 23.9 Å². The lowest BCUT2D eigenvalue weighted by Crippen LogP contribution is -2.33. The molecule has 3 heterocycles. The second-order valence-electron chi connectivity index (χ2n) is 10.3. The summed E-state index contributed by atoms with van der Waals surface area (Å²) in [5, 5.41) is 4.59. The van der Waals surface area contributed by atoms with Gasteiger partial charge in [0.1, 0.15) is 24.4 Å². The monoisotopic (exact) mass is 512 g/mol. The molecule has 2 aliphatic rings. The first-order valence-electron chi connectivity index (χ1n) is 12.4. The Kier molecular flexibility index (Phi) is 5.78. The summed E-state index contributed by atoms with van der Waals surface area (Å²) in [5.41, 5.74) is 2.52. The van der Waals surface area contributed by atoms with Gasteiger partial charge in [-0.15, -0.1) is 5.10 Å². The van der Waals surface area contributed by atoms with E-state index < -0.39 is 5.92 Å². The number of aromatic nitrogens is 4. The molecule has 0 spiro atoms. The number of Topliss-reactive ketones (excluding diaryl/α,β-unsaturated/α-hetero) is 1. The Labute approximate surface area is 220 Å². The fourth-order valence-electron chi connectivity index (χ4n) is 5.28. The van der Waals surface area contributed by atoms with Crippen molar-refractivity contribution >= 4 is 11.4 Å². The van der Waals surface area contributed by atoms with Gasteiger partial charge in [0.15, 0.2) is 28.8 Å². The molecule has 2 aromatic heterocycles. The number of benzene rings is 2.